The number of nitrogens with one attached hydrogen (secondary N) is 1. The van der Waals surface area contributed by atoms with Crippen LogP contribution in [0.3, 0.4) is 0 Å². The zero-order valence-corrected chi connectivity index (χ0v) is 44.8. The molecule has 1 saturated carbocycles. The first-order valence-corrected chi connectivity index (χ1v) is 27.1. The molecule has 4 aliphatic heterocycles. The van der Waals surface area contributed by atoms with E-state index in [2.05, 4.69) is 69.2 Å². The summed E-state index contributed by atoms with van der Waals surface area (Å²) in [5.74, 6) is -0.267. The Bertz CT molecular complexity index is 3070. The number of halogens is 4. The molecule has 5 aromatic rings. The third-order valence-electron chi connectivity index (χ3n) is 16.9. The van der Waals surface area contributed by atoms with Crippen molar-refractivity contribution in [3.05, 3.63) is 110 Å². The molecular weight excluding hydrogens is 1020 g/mol. The Hall–Kier alpha value is -6.49. The van der Waals surface area contributed by atoms with Gasteiger partial charge in [-0.1, -0.05) is 43.6 Å². The van der Waals surface area contributed by atoms with Crippen LogP contribution in [-0.2, 0) is 33.5 Å². The van der Waals surface area contributed by atoms with Crippen LogP contribution in [0.2, 0.25) is 5.02 Å². The Labute approximate surface area is 451 Å². The molecule has 2 amide bonds. The maximum atomic E-state index is 13.3. The lowest BCUT2D eigenvalue weighted by molar-refractivity contribution is -0.192. The van der Waals surface area contributed by atoms with Gasteiger partial charge in [-0.15, -0.1) is 0 Å². The van der Waals surface area contributed by atoms with Crippen LogP contribution >= 0.6 is 11.6 Å². The number of hydrogen-bond donors (Lipinski definition) is 2. The second kappa shape index (κ2) is 22.8. The summed E-state index contributed by atoms with van der Waals surface area (Å²) < 4.78 is 46.8. The number of carbonyl (C=O) groups excluding carboxylic acids is 2. The minimum atomic E-state index is -5.08. The number of imide groups is 1. The van der Waals surface area contributed by atoms with Crippen molar-refractivity contribution in [2.45, 2.75) is 121 Å². The van der Waals surface area contributed by atoms with Crippen LogP contribution in [-0.4, -0.2) is 116 Å². The number of aromatic nitrogens is 4. The van der Waals surface area contributed by atoms with E-state index in [1.54, 1.807) is 16.2 Å². The number of benzene rings is 3. The average molecular weight is 1080 g/mol. The first-order valence-electron chi connectivity index (χ1n) is 26.7. The quantitative estimate of drug-likeness (QED) is 0.107. The van der Waals surface area contributed by atoms with Gasteiger partial charge in [0, 0.05) is 50.8 Å². The first kappa shape index (κ1) is 55.3. The van der Waals surface area contributed by atoms with E-state index in [1.807, 2.05) is 49.5 Å². The van der Waals surface area contributed by atoms with Crippen molar-refractivity contribution in [2.75, 3.05) is 57.3 Å². The van der Waals surface area contributed by atoms with E-state index in [9.17, 15) is 32.8 Å². The number of fused-ring (bicyclic) bond motifs is 1. The summed E-state index contributed by atoms with van der Waals surface area (Å²) in [6, 6.07) is 22.3. The van der Waals surface area contributed by atoms with Crippen LogP contribution in [0.25, 0.3) is 11.0 Å². The molecular formula is C57H67ClF3N9O7. The van der Waals surface area contributed by atoms with Crippen LogP contribution in [0.5, 0.6) is 11.5 Å². The molecule has 3 aromatic carbocycles. The highest BCUT2D eigenvalue weighted by atomic mass is 35.5. The number of nitriles is 1. The number of carbonyl (C=O) groups is 3. The molecule has 10 rings (SSSR count). The fraction of sp³-hybridized carbons (Fsp3) is 0.526. The van der Waals surface area contributed by atoms with Crippen molar-refractivity contribution in [2.24, 2.45) is 18.4 Å². The van der Waals surface area contributed by atoms with Crippen molar-refractivity contribution in [1.82, 2.24) is 34.2 Å². The summed E-state index contributed by atoms with van der Waals surface area (Å²) in [6.45, 7) is 14.6. The van der Waals surface area contributed by atoms with Crippen LogP contribution in [0, 0.1) is 22.7 Å². The lowest BCUT2D eigenvalue weighted by Crippen LogP contribution is -2.56. The van der Waals surface area contributed by atoms with Crippen LogP contribution in [0.4, 0.5) is 19.1 Å². The van der Waals surface area contributed by atoms with E-state index in [4.69, 9.17) is 36.0 Å². The highest BCUT2D eigenvalue weighted by molar-refractivity contribution is 6.32. The monoisotopic (exact) mass is 1080 g/mol. The van der Waals surface area contributed by atoms with E-state index in [-0.39, 0.29) is 18.0 Å². The third-order valence-corrected chi connectivity index (χ3v) is 17.2. The van der Waals surface area contributed by atoms with Gasteiger partial charge >= 0.3 is 17.8 Å². The van der Waals surface area contributed by atoms with Crippen molar-refractivity contribution < 1.29 is 42.1 Å². The molecule has 77 heavy (non-hydrogen) atoms. The van der Waals surface area contributed by atoms with E-state index < -0.39 is 29.5 Å². The molecule has 6 heterocycles. The number of ether oxygens (including phenoxy) is 2. The number of alkyl halides is 3. The van der Waals surface area contributed by atoms with Gasteiger partial charge in [0.2, 0.25) is 17.8 Å². The Morgan fingerprint density at radius 1 is 0.896 bits per heavy atom. The number of anilines is 1. The summed E-state index contributed by atoms with van der Waals surface area (Å²) in [4.78, 5) is 64.0. The minimum absolute atomic E-state index is 0.217. The fourth-order valence-corrected chi connectivity index (χ4v) is 12.5. The van der Waals surface area contributed by atoms with Gasteiger partial charge in [-0.25, -0.2) is 19.6 Å². The molecule has 4 saturated heterocycles. The Balaban J connectivity index is 0.000000967. The maximum absolute atomic E-state index is 13.3. The molecule has 2 aromatic heterocycles. The van der Waals surface area contributed by atoms with Crippen molar-refractivity contribution in [1.29, 1.82) is 5.26 Å². The predicted octanol–water partition coefficient (Wildman–Crippen LogP) is 8.91. The van der Waals surface area contributed by atoms with Crippen LogP contribution in [0.1, 0.15) is 125 Å². The number of hydrogen-bond acceptors (Lipinski definition) is 12. The average Bonchev–Trinajstić information content (AvgIpc) is 3.71. The van der Waals surface area contributed by atoms with Gasteiger partial charge in [0.1, 0.15) is 24.5 Å². The van der Waals surface area contributed by atoms with Crippen LogP contribution < -0.4 is 25.4 Å². The third kappa shape index (κ3) is 12.1. The van der Waals surface area contributed by atoms with E-state index in [0.29, 0.717) is 53.3 Å². The lowest BCUT2D eigenvalue weighted by atomic mass is 9.59. The highest BCUT2D eigenvalue weighted by Gasteiger charge is 2.48. The Kier molecular flexibility index (Phi) is 16.4. The summed E-state index contributed by atoms with van der Waals surface area (Å²) in [5, 5.41) is 19.7. The molecule has 0 bridgehead atoms. The molecule has 5 fully saturated rings. The van der Waals surface area contributed by atoms with Gasteiger partial charge in [-0.2, -0.15) is 18.4 Å². The second-order valence-electron chi connectivity index (χ2n) is 22.0. The molecule has 2 N–H and O–H groups in total. The topological polar surface area (TPSA) is 188 Å². The normalized spacial score (nSPS) is 20.0. The first-order chi connectivity index (χ1) is 36.7. The molecule has 1 spiro atoms. The number of aryl methyl sites for hydroxylation is 1. The summed E-state index contributed by atoms with van der Waals surface area (Å²) >= 11 is 6.56. The standard InChI is InChI=1S/C55H66ClN9O5.C2HF3O2/c1-5-69-50-39(33-57)28-41(30-45(50)56)54(2,3)40-7-9-44(10-8-40)70-35-42-14-21-58-52(59-42)64-26-19-55(20-27-64)31-43(32-55)63-24-15-36(16-25-63)34-62-22-17-37(18-23-62)38-6-11-46-48(29-38)61(4)53(68)65(46)47-12-13-49(66)60-51(47)67;3-2(4,5)1(6)7/h6-11,14,21,28-30,36-37,43,47H,5,12-13,15-20,22-27,31-32,34-35H2,1-4H3,(H,60,66,67);(H,6,7). The fourth-order valence-electron chi connectivity index (χ4n) is 12.2. The van der Waals surface area contributed by atoms with E-state index >= 15 is 0 Å². The molecule has 410 valence electrons. The molecule has 5 aliphatic rings. The maximum Gasteiger partial charge on any atom is 0.490 e. The zero-order chi connectivity index (χ0) is 54.8. The van der Waals surface area contributed by atoms with Gasteiger partial charge < -0.3 is 29.3 Å². The van der Waals surface area contributed by atoms with Gasteiger partial charge in [0.05, 0.1) is 33.9 Å². The number of aliphatic carboxylic acids is 1. The molecule has 1 atom stereocenters. The molecule has 16 nitrogen and oxygen atoms in total. The SMILES string of the molecule is CCOc1c(Cl)cc(C(C)(C)c2ccc(OCc3ccnc(N4CCC5(CC4)CC(N4CCC(CN6CCC(c7ccc8c(c7)n(C)c(=O)n8C7CCC(=O)NC7=O)CC6)CC4)C5)n3)cc2)cc1C#N.O=C(O)C(F)(F)F. The number of imidazole rings is 1. The Morgan fingerprint density at radius 2 is 1.58 bits per heavy atom. The molecule has 20 heteroatoms. The number of nitrogens with zero attached hydrogens (tertiary/aromatic N) is 8. The van der Waals surface area contributed by atoms with Gasteiger partial charge in [0.15, 0.2) is 5.75 Å². The molecule has 1 aliphatic carbocycles. The summed E-state index contributed by atoms with van der Waals surface area (Å²) in [6.07, 6.45) is 7.08. The van der Waals surface area contributed by atoms with Crippen molar-refractivity contribution in [3.63, 3.8) is 0 Å². The lowest BCUT2D eigenvalue weighted by Gasteiger charge is -2.56. The zero-order valence-electron chi connectivity index (χ0n) is 44.1. The molecule has 1 unspecified atom stereocenters. The van der Waals surface area contributed by atoms with Gasteiger partial charge in [0.25, 0.3) is 0 Å². The second-order valence-corrected chi connectivity index (χ2v) is 22.4. The van der Waals surface area contributed by atoms with Crippen LogP contribution in [0.15, 0.2) is 71.7 Å². The van der Waals surface area contributed by atoms with E-state index in [0.717, 1.165) is 84.5 Å². The number of carboxylic acids is 1. The van der Waals surface area contributed by atoms with Crippen molar-refractivity contribution >= 4 is 46.4 Å². The summed E-state index contributed by atoms with van der Waals surface area (Å²) in [7, 11) is 1.77. The number of rotatable bonds is 13. The van der Waals surface area contributed by atoms with Gasteiger partial charge in [-0.05, 0) is 167 Å². The largest absolute Gasteiger partial charge is 0.491 e. The number of carboxylic acid groups (broad SMARTS) is 1. The van der Waals surface area contributed by atoms with Crippen molar-refractivity contribution in [3.8, 4) is 17.6 Å². The highest BCUT2D eigenvalue weighted by Crippen LogP contribution is 2.52. The Morgan fingerprint density at radius 3 is 2.22 bits per heavy atom. The number of piperidine rings is 4. The molecule has 0 radical (unpaired) electrons. The number of amides is 2. The summed E-state index contributed by atoms with van der Waals surface area (Å²) in [5.41, 5.74) is 5.97. The van der Waals surface area contributed by atoms with E-state index in [1.165, 1.54) is 63.7 Å². The smallest absolute Gasteiger partial charge is 0.490 e. The minimum Gasteiger partial charge on any atom is -0.491 e. The predicted molar refractivity (Wildman–Crippen MR) is 284 cm³/mol. The van der Waals surface area contributed by atoms with Gasteiger partial charge in [-0.3, -0.25) is 24.0 Å². The number of likely N-dealkylation sites (tertiary alicyclic amines) is 2.